The first-order valence-electron chi connectivity index (χ1n) is 7.87. The highest BCUT2D eigenvalue weighted by Crippen LogP contribution is 2.48. The molecule has 0 bridgehead atoms. The molecule has 2 aromatic carbocycles. The first-order chi connectivity index (χ1) is 11.6. The van der Waals surface area contributed by atoms with Crippen LogP contribution in [0, 0.1) is 0 Å². The Hall–Kier alpha value is -2.28. The van der Waals surface area contributed by atoms with Crippen LogP contribution in [0.15, 0.2) is 22.8 Å². The highest BCUT2D eigenvalue weighted by Gasteiger charge is 2.31. The van der Waals surface area contributed by atoms with Crippen LogP contribution in [0.2, 0.25) is 0 Å². The Balaban J connectivity index is 2.12. The zero-order valence-electron chi connectivity index (χ0n) is 12.9. The standard InChI is InChI=1S/C18H18O6/c19-5-8-7-24-18-11-2-1-9-10(3-4-13(21)12(9)6-20)15(11)17(23)16(22)14(8)18/h1-2,7,12-13,19-23H,3-6H2. The highest BCUT2D eigenvalue weighted by molar-refractivity contribution is 6.13. The van der Waals surface area contributed by atoms with E-state index >= 15 is 0 Å². The first-order valence-corrected chi connectivity index (χ1v) is 7.87. The Bertz CT molecular complexity index is 942. The maximum absolute atomic E-state index is 10.6. The number of hydrogen-bond donors (Lipinski definition) is 5. The molecule has 4 rings (SSSR count). The lowest BCUT2D eigenvalue weighted by atomic mass is 9.78. The molecule has 0 saturated heterocycles. The molecule has 5 N–H and O–H groups in total. The fraction of sp³-hybridized carbons (Fsp3) is 0.333. The summed E-state index contributed by atoms with van der Waals surface area (Å²) < 4.78 is 5.52. The zero-order chi connectivity index (χ0) is 17.0. The van der Waals surface area contributed by atoms with Crippen LogP contribution in [-0.4, -0.2) is 38.2 Å². The number of fused-ring (bicyclic) bond motifs is 5. The number of aryl methyl sites for hydroxylation is 1. The SMILES string of the molecule is OCc1coc2c1c(O)c(O)c1c3c(ccc12)C(CO)C(O)CC3. The van der Waals surface area contributed by atoms with E-state index in [-0.39, 0.29) is 24.7 Å². The predicted molar refractivity (Wildman–Crippen MR) is 87.1 cm³/mol. The summed E-state index contributed by atoms with van der Waals surface area (Å²) in [5.41, 5.74) is 2.38. The zero-order valence-corrected chi connectivity index (χ0v) is 12.9. The molecule has 1 aliphatic carbocycles. The molecule has 0 saturated carbocycles. The van der Waals surface area contributed by atoms with Crippen molar-refractivity contribution in [3.63, 3.8) is 0 Å². The van der Waals surface area contributed by atoms with Gasteiger partial charge in [0.15, 0.2) is 11.5 Å². The van der Waals surface area contributed by atoms with E-state index in [2.05, 4.69) is 0 Å². The fourth-order valence-corrected chi connectivity index (χ4v) is 3.87. The van der Waals surface area contributed by atoms with E-state index in [1.807, 2.05) is 6.07 Å². The molecule has 0 radical (unpaired) electrons. The molecule has 1 aliphatic rings. The molecule has 2 atom stereocenters. The van der Waals surface area contributed by atoms with Gasteiger partial charge in [0, 0.05) is 22.3 Å². The summed E-state index contributed by atoms with van der Waals surface area (Å²) in [6.07, 6.45) is 1.72. The molecule has 0 fully saturated rings. The van der Waals surface area contributed by atoms with Gasteiger partial charge in [0.1, 0.15) is 5.58 Å². The normalized spacial score (nSPS) is 20.6. The maximum Gasteiger partial charge on any atom is 0.169 e. The number of furan rings is 1. The van der Waals surface area contributed by atoms with Crippen molar-refractivity contribution in [2.75, 3.05) is 6.61 Å². The molecular formula is C18H18O6. The van der Waals surface area contributed by atoms with Crippen LogP contribution in [0.5, 0.6) is 11.5 Å². The van der Waals surface area contributed by atoms with Crippen LogP contribution in [0.25, 0.3) is 21.7 Å². The summed E-state index contributed by atoms with van der Waals surface area (Å²) in [6, 6.07) is 3.57. The smallest absolute Gasteiger partial charge is 0.169 e. The molecule has 1 heterocycles. The molecule has 6 nitrogen and oxygen atoms in total. The molecule has 0 spiro atoms. The van der Waals surface area contributed by atoms with Gasteiger partial charge in [-0.25, -0.2) is 0 Å². The van der Waals surface area contributed by atoms with Crippen LogP contribution in [0.3, 0.4) is 0 Å². The third-order valence-electron chi connectivity index (χ3n) is 5.08. The van der Waals surface area contributed by atoms with Crippen molar-refractivity contribution in [1.29, 1.82) is 0 Å². The molecule has 0 aliphatic heterocycles. The summed E-state index contributed by atoms with van der Waals surface area (Å²) >= 11 is 0. The summed E-state index contributed by atoms with van der Waals surface area (Å²) in [5, 5.41) is 51.5. The van der Waals surface area contributed by atoms with E-state index in [0.717, 1.165) is 11.1 Å². The number of hydrogen-bond acceptors (Lipinski definition) is 6. The van der Waals surface area contributed by atoms with Crippen molar-refractivity contribution >= 4 is 21.7 Å². The summed E-state index contributed by atoms with van der Waals surface area (Å²) in [6.45, 7) is -0.501. The molecular weight excluding hydrogens is 312 g/mol. The van der Waals surface area contributed by atoms with Gasteiger partial charge in [0.2, 0.25) is 0 Å². The Labute approximate surface area is 137 Å². The highest BCUT2D eigenvalue weighted by atomic mass is 16.3. The lowest BCUT2D eigenvalue weighted by Gasteiger charge is -2.30. The number of rotatable bonds is 2. The predicted octanol–water partition coefficient (Wildman–Crippen LogP) is 1.87. The topological polar surface area (TPSA) is 114 Å². The van der Waals surface area contributed by atoms with Gasteiger partial charge in [-0.2, -0.15) is 0 Å². The Morgan fingerprint density at radius 1 is 1.08 bits per heavy atom. The Morgan fingerprint density at radius 3 is 2.54 bits per heavy atom. The van der Waals surface area contributed by atoms with Crippen molar-refractivity contribution in [2.45, 2.75) is 31.5 Å². The molecule has 2 unspecified atom stereocenters. The van der Waals surface area contributed by atoms with E-state index in [1.54, 1.807) is 6.07 Å². The quantitative estimate of drug-likeness (QED) is 0.458. The molecule has 6 heteroatoms. The van der Waals surface area contributed by atoms with Crippen LogP contribution in [0.4, 0.5) is 0 Å². The Kier molecular flexibility index (Phi) is 3.42. The molecule has 126 valence electrons. The number of aliphatic hydroxyl groups is 3. The molecule has 3 aromatic rings. The maximum atomic E-state index is 10.6. The third kappa shape index (κ3) is 1.87. The van der Waals surface area contributed by atoms with Crippen molar-refractivity contribution in [3.8, 4) is 11.5 Å². The number of benzene rings is 2. The first kappa shape index (κ1) is 15.3. The number of aromatic hydroxyl groups is 2. The largest absolute Gasteiger partial charge is 0.504 e. The van der Waals surface area contributed by atoms with Gasteiger partial charge in [-0.15, -0.1) is 0 Å². The van der Waals surface area contributed by atoms with Crippen LogP contribution >= 0.6 is 0 Å². The van der Waals surface area contributed by atoms with Gasteiger partial charge < -0.3 is 29.9 Å². The van der Waals surface area contributed by atoms with Crippen LogP contribution in [0.1, 0.15) is 29.0 Å². The summed E-state index contributed by atoms with van der Waals surface area (Å²) in [7, 11) is 0. The lowest BCUT2D eigenvalue weighted by Crippen LogP contribution is -2.27. The van der Waals surface area contributed by atoms with E-state index in [4.69, 9.17) is 4.42 Å². The summed E-state index contributed by atoms with van der Waals surface area (Å²) in [4.78, 5) is 0. The molecule has 1 aromatic heterocycles. The minimum atomic E-state index is -0.635. The Morgan fingerprint density at radius 2 is 1.83 bits per heavy atom. The van der Waals surface area contributed by atoms with Crippen LogP contribution < -0.4 is 0 Å². The number of aliphatic hydroxyl groups excluding tert-OH is 3. The lowest BCUT2D eigenvalue weighted by molar-refractivity contribution is 0.0925. The van der Waals surface area contributed by atoms with Gasteiger partial charge in [0.05, 0.1) is 31.0 Å². The van der Waals surface area contributed by atoms with Crippen molar-refractivity contribution < 1.29 is 29.9 Å². The van der Waals surface area contributed by atoms with Gasteiger partial charge in [-0.3, -0.25) is 0 Å². The van der Waals surface area contributed by atoms with Crippen molar-refractivity contribution in [2.24, 2.45) is 0 Å². The second-order valence-corrected chi connectivity index (χ2v) is 6.27. The van der Waals surface area contributed by atoms with Gasteiger partial charge in [-0.1, -0.05) is 12.1 Å². The second-order valence-electron chi connectivity index (χ2n) is 6.27. The van der Waals surface area contributed by atoms with E-state index < -0.39 is 12.0 Å². The van der Waals surface area contributed by atoms with Crippen molar-refractivity contribution in [1.82, 2.24) is 0 Å². The third-order valence-corrected chi connectivity index (χ3v) is 5.08. The van der Waals surface area contributed by atoms with E-state index in [0.29, 0.717) is 40.1 Å². The van der Waals surface area contributed by atoms with Crippen molar-refractivity contribution in [3.05, 3.63) is 35.1 Å². The van der Waals surface area contributed by atoms with E-state index in [1.165, 1.54) is 6.26 Å². The van der Waals surface area contributed by atoms with Gasteiger partial charge >= 0.3 is 0 Å². The van der Waals surface area contributed by atoms with Crippen LogP contribution in [-0.2, 0) is 13.0 Å². The second kappa shape index (κ2) is 5.37. The van der Waals surface area contributed by atoms with Gasteiger partial charge in [-0.05, 0) is 24.0 Å². The summed E-state index contributed by atoms with van der Waals surface area (Å²) in [5.74, 6) is -1.01. The monoisotopic (exact) mass is 330 g/mol. The van der Waals surface area contributed by atoms with Gasteiger partial charge in [0.25, 0.3) is 0 Å². The number of phenolic OH excluding ortho intramolecular Hbond substituents is 2. The molecule has 24 heavy (non-hydrogen) atoms. The minimum absolute atomic E-state index is 0.190. The minimum Gasteiger partial charge on any atom is -0.504 e. The average Bonchev–Trinajstić information content (AvgIpc) is 3.03. The average molecular weight is 330 g/mol. The number of phenols is 2. The van der Waals surface area contributed by atoms with E-state index in [9.17, 15) is 25.5 Å². The fourth-order valence-electron chi connectivity index (χ4n) is 3.87. The molecule has 0 amide bonds.